The Kier molecular flexibility index (Phi) is 5.27. The van der Waals surface area contributed by atoms with Crippen molar-refractivity contribution in [3.63, 3.8) is 0 Å². The first-order valence-corrected chi connectivity index (χ1v) is 7.27. The minimum atomic E-state index is -0.243. The maximum atomic E-state index is 12.3. The van der Waals surface area contributed by atoms with Crippen LogP contribution in [-0.2, 0) is 0 Å². The highest BCUT2D eigenvalue weighted by Crippen LogP contribution is 2.11. The Hall–Kier alpha value is -1.95. The van der Waals surface area contributed by atoms with Crippen LogP contribution in [0.25, 0.3) is 0 Å². The van der Waals surface area contributed by atoms with Crippen molar-refractivity contribution in [3.05, 3.63) is 29.6 Å². The Morgan fingerprint density at radius 2 is 1.90 bits per heavy atom. The molecule has 1 aromatic rings. The summed E-state index contributed by atoms with van der Waals surface area (Å²) in [5.41, 5.74) is 0.635. The minimum absolute atomic E-state index is 0.0876. The molecular weight excluding hydrogens is 268 g/mol. The van der Waals surface area contributed by atoms with Crippen LogP contribution in [0.2, 0.25) is 0 Å². The number of rotatable bonds is 5. The number of hydrogen-bond donors (Lipinski definition) is 1. The van der Waals surface area contributed by atoms with Crippen LogP contribution in [0.5, 0.6) is 0 Å². The summed E-state index contributed by atoms with van der Waals surface area (Å²) in [5, 5.41) is 2.80. The summed E-state index contributed by atoms with van der Waals surface area (Å²) >= 11 is 0. The summed E-state index contributed by atoms with van der Waals surface area (Å²) in [7, 11) is 3.89. The standard InChI is InChI=1S/C15H22N4O2/c1-18(2)11-8-16-14(20)12-6-5-7-13(17-12)15(21)19-9-3-4-10-19/h5-7H,3-4,8-11H2,1-2H3,(H,16,20). The van der Waals surface area contributed by atoms with Gasteiger partial charge in [0, 0.05) is 26.2 Å². The van der Waals surface area contributed by atoms with E-state index in [1.54, 1.807) is 23.1 Å². The van der Waals surface area contributed by atoms with Crippen LogP contribution in [0.4, 0.5) is 0 Å². The lowest BCUT2D eigenvalue weighted by atomic mass is 10.2. The van der Waals surface area contributed by atoms with Crippen molar-refractivity contribution in [1.29, 1.82) is 0 Å². The molecule has 0 saturated carbocycles. The topological polar surface area (TPSA) is 65.5 Å². The monoisotopic (exact) mass is 290 g/mol. The van der Waals surface area contributed by atoms with E-state index in [0.29, 0.717) is 17.9 Å². The second-order valence-corrected chi connectivity index (χ2v) is 5.47. The van der Waals surface area contributed by atoms with E-state index in [2.05, 4.69) is 10.3 Å². The maximum Gasteiger partial charge on any atom is 0.272 e. The number of amides is 2. The zero-order valence-electron chi connectivity index (χ0n) is 12.6. The average molecular weight is 290 g/mol. The van der Waals surface area contributed by atoms with Gasteiger partial charge in [-0.1, -0.05) is 6.07 Å². The number of nitrogens with zero attached hydrogens (tertiary/aromatic N) is 3. The van der Waals surface area contributed by atoms with Gasteiger partial charge in [0.05, 0.1) is 0 Å². The van der Waals surface area contributed by atoms with E-state index in [1.807, 2.05) is 19.0 Å². The van der Waals surface area contributed by atoms with Gasteiger partial charge in [0.25, 0.3) is 11.8 Å². The molecule has 1 saturated heterocycles. The first-order valence-electron chi connectivity index (χ1n) is 7.27. The van der Waals surface area contributed by atoms with E-state index >= 15 is 0 Å². The highest BCUT2D eigenvalue weighted by molar-refractivity contribution is 5.96. The predicted molar refractivity (Wildman–Crippen MR) is 80.3 cm³/mol. The van der Waals surface area contributed by atoms with Gasteiger partial charge in [0.1, 0.15) is 11.4 Å². The zero-order valence-corrected chi connectivity index (χ0v) is 12.6. The third kappa shape index (κ3) is 4.26. The number of pyridine rings is 1. The van der Waals surface area contributed by atoms with Crippen LogP contribution in [-0.4, -0.2) is 66.9 Å². The van der Waals surface area contributed by atoms with Crippen molar-refractivity contribution in [2.75, 3.05) is 40.3 Å². The van der Waals surface area contributed by atoms with Crippen molar-refractivity contribution in [3.8, 4) is 0 Å². The molecule has 114 valence electrons. The summed E-state index contributed by atoms with van der Waals surface area (Å²) in [4.78, 5) is 32.2. The maximum absolute atomic E-state index is 12.3. The Morgan fingerprint density at radius 1 is 1.24 bits per heavy atom. The second-order valence-electron chi connectivity index (χ2n) is 5.47. The third-order valence-corrected chi connectivity index (χ3v) is 3.44. The van der Waals surface area contributed by atoms with Crippen molar-refractivity contribution in [2.45, 2.75) is 12.8 Å². The van der Waals surface area contributed by atoms with Crippen LogP contribution >= 0.6 is 0 Å². The average Bonchev–Trinajstić information content (AvgIpc) is 3.00. The van der Waals surface area contributed by atoms with Gasteiger partial charge in [0.2, 0.25) is 0 Å². The lowest BCUT2D eigenvalue weighted by molar-refractivity contribution is 0.0787. The van der Waals surface area contributed by atoms with E-state index in [-0.39, 0.29) is 11.8 Å². The number of carbonyl (C=O) groups excluding carboxylic acids is 2. The Balaban J connectivity index is 1.99. The first-order chi connectivity index (χ1) is 10.1. The van der Waals surface area contributed by atoms with Gasteiger partial charge in [0.15, 0.2) is 0 Å². The number of likely N-dealkylation sites (tertiary alicyclic amines) is 1. The van der Waals surface area contributed by atoms with Crippen LogP contribution < -0.4 is 5.32 Å². The van der Waals surface area contributed by atoms with Gasteiger partial charge in [-0.05, 0) is 39.1 Å². The molecule has 1 aliphatic rings. The molecule has 2 amide bonds. The summed E-state index contributed by atoms with van der Waals surface area (Å²) in [6.07, 6.45) is 2.08. The molecule has 0 radical (unpaired) electrons. The van der Waals surface area contributed by atoms with Crippen LogP contribution in [0.15, 0.2) is 18.2 Å². The minimum Gasteiger partial charge on any atom is -0.349 e. The lowest BCUT2D eigenvalue weighted by Gasteiger charge is -2.15. The van der Waals surface area contributed by atoms with Crippen LogP contribution in [0.3, 0.4) is 0 Å². The predicted octanol–water partition coefficient (Wildman–Crippen LogP) is 0.609. The SMILES string of the molecule is CN(C)CCNC(=O)c1cccc(C(=O)N2CCCC2)n1. The molecule has 1 aromatic heterocycles. The number of nitrogens with one attached hydrogen (secondary N) is 1. The molecule has 2 heterocycles. The smallest absolute Gasteiger partial charge is 0.272 e. The molecule has 0 spiro atoms. The fourth-order valence-corrected chi connectivity index (χ4v) is 2.25. The number of likely N-dealkylation sites (N-methyl/N-ethyl adjacent to an activating group) is 1. The van der Waals surface area contributed by atoms with Crippen molar-refractivity contribution >= 4 is 11.8 Å². The summed E-state index contributed by atoms with van der Waals surface area (Å²) < 4.78 is 0. The lowest BCUT2D eigenvalue weighted by Crippen LogP contribution is -2.33. The number of carbonyl (C=O) groups is 2. The molecular formula is C15H22N4O2. The fourth-order valence-electron chi connectivity index (χ4n) is 2.25. The van der Waals surface area contributed by atoms with Gasteiger partial charge in [-0.15, -0.1) is 0 Å². The van der Waals surface area contributed by atoms with Gasteiger partial charge in [-0.25, -0.2) is 4.98 Å². The third-order valence-electron chi connectivity index (χ3n) is 3.44. The summed E-state index contributed by atoms with van der Waals surface area (Å²) in [6.45, 7) is 2.87. The first kappa shape index (κ1) is 15.4. The molecule has 0 unspecified atom stereocenters. The van der Waals surface area contributed by atoms with Crippen molar-refractivity contribution < 1.29 is 9.59 Å². The molecule has 0 aliphatic carbocycles. The Labute approximate surface area is 125 Å². The molecule has 1 fully saturated rings. The van der Waals surface area contributed by atoms with Gasteiger partial charge in [-0.2, -0.15) is 0 Å². The number of aromatic nitrogens is 1. The summed E-state index contributed by atoms with van der Waals surface area (Å²) in [6, 6.07) is 5.00. The molecule has 1 aliphatic heterocycles. The Morgan fingerprint density at radius 3 is 2.57 bits per heavy atom. The normalized spacial score (nSPS) is 14.5. The van der Waals surface area contributed by atoms with Gasteiger partial charge >= 0.3 is 0 Å². The van der Waals surface area contributed by atoms with Crippen molar-refractivity contribution in [1.82, 2.24) is 20.1 Å². The molecule has 2 rings (SSSR count). The van der Waals surface area contributed by atoms with E-state index < -0.39 is 0 Å². The van der Waals surface area contributed by atoms with Crippen LogP contribution in [0.1, 0.15) is 33.8 Å². The highest BCUT2D eigenvalue weighted by Gasteiger charge is 2.21. The molecule has 1 N–H and O–H groups in total. The summed E-state index contributed by atoms with van der Waals surface area (Å²) in [5.74, 6) is -0.330. The Bertz CT molecular complexity index is 510. The molecule has 21 heavy (non-hydrogen) atoms. The second kappa shape index (κ2) is 7.17. The van der Waals surface area contributed by atoms with E-state index in [1.165, 1.54) is 0 Å². The zero-order chi connectivity index (χ0) is 15.2. The van der Waals surface area contributed by atoms with Crippen molar-refractivity contribution in [2.24, 2.45) is 0 Å². The quantitative estimate of drug-likeness (QED) is 0.863. The molecule has 0 bridgehead atoms. The van der Waals surface area contributed by atoms with Gasteiger partial charge < -0.3 is 15.1 Å². The fraction of sp³-hybridized carbons (Fsp3) is 0.533. The van der Waals surface area contributed by atoms with E-state index in [9.17, 15) is 9.59 Å². The molecule has 0 atom stereocenters. The van der Waals surface area contributed by atoms with Crippen LogP contribution in [0, 0.1) is 0 Å². The number of hydrogen-bond acceptors (Lipinski definition) is 4. The van der Waals surface area contributed by atoms with Gasteiger partial charge in [-0.3, -0.25) is 9.59 Å². The largest absolute Gasteiger partial charge is 0.349 e. The molecule has 6 nitrogen and oxygen atoms in total. The van der Waals surface area contributed by atoms with E-state index in [0.717, 1.165) is 32.5 Å². The highest BCUT2D eigenvalue weighted by atomic mass is 16.2. The molecule has 0 aromatic carbocycles. The molecule has 6 heteroatoms. The van der Waals surface area contributed by atoms with E-state index in [4.69, 9.17) is 0 Å².